The van der Waals surface area contributed by atoms with Gasteiger partial charge >= 0.3 is 185 Å². The second-order valence-corrected chi connectivity index (χ2v) is 10.3. The second kappa shape index (κ2) is 9.67. The number of rotatable bonds is 6. The van der Waals surface area contributed by atoms with Crippen LogP contribution in [0.5, 0.6) is 0 Å². The molecule has 0 aliphatic carbocycles. The van der Waals surface area contributed by atoms with Crippen LogP contribution in [0.4, 0.5) is 0 Å². The summed E-state index contributed by atoms with van der Waals surface area (Å²) in [6.45, 7) is 8.51. The molecule has 0 amide bonds. The Morgan fingerprint density at radius 1 is 0.931 bits per heavy atom. The van der Waals surface area contributed by atoms with E-state index in [4.69, 9.17) is 4.74 Å². The Kier molecular flexibility index (Phi) is 7.23. The first kappa shape index (κ1) is 21.7. The quantitative estimate of drug-likeness (QED) is 0.385. The molecule has 4 heteroatoms. The first-order valence-corrected chi connectivity index (χ1v) is 12.2. The van der Waals surface area contributed by atoms with Gasteiger partial charge < -0.3 is 0 Å². The van der Waals surface area contributed by atoms with E-state index >= 15 is 0 Å². The minimum absolute atomic E-state index is 0.134. The van der Waals surface area contributed by atoms with Crippen LogP contribution < -0.4 is 8.92 Å². The number of aryl methyl sites for hydroxylation is 1. The molecule has 0 unspecified atom stereocenters. The Bertz CT molecular complexity index is 1010. The second-order valence-electron chi connectivity index (χ2n) is 6.91. The van der Waals surface area contributed by atoms with Crippen molar-refractivity contribution in [2.75, 3.05) is 7.11 Å². The third-order valence-electron chi connectivity index (χ3n) is 5.09. The first-order valence-electron chi connectivity index (χ1n) is 9.68. The van der Waals surface area contributed by atoms with Crippen LogP contribution in [0.25, 0.3) is 0 Å². The van der Waals surface area contributed by atoms with Crippen molar-refractivity contribution in [1.29, 1.82) is 0 Å². The molecule has 0 aliphatic rings. The van der Waals surface area contributed by atoms with Crippen LogP contribution in [0.2, 0.25) is 0 Å². The van der Waals surface area contributed by atoms with Gasteiger partial charge in [0.2, 0.25) is 0 Å². The molecule has 0 saturated carbocycles. The zero-order valence-electron chi connectivity index (χ0n) is 17.5. The third-order valence-corrected chi connectivity index (χ3v) is 9.09. The zero-order chi connectivity index (χ0) is 21.0. The van der Waals surface area contributed by atoms with Crippen molar-refractivity contribution in [3.63, 3.8) is 0 Å². The number of carbonyl (C=O) groups is 1. The summed E-state index contributed by atoms with van der Waals surface area (Å²) in [4.78, 5) is 14.9. The topological polar surface area (TPSA) is 26.3 Å². The van der Waals surface area contributed by atoms with E-state index in [9.17, 15) is 4.79 Å². The van der Waals surface area contributed by atoms with Crippen LogP contribution in [0, 0.1) is 20.8 Å². The van der Waals surface area contributed by atoms with E-state index in [0.717, 1.165) is 27.3 Å². The molecule has 0 aromatic heterocycles. The van der Waals surface area contributed by atoms with Gasteiger partial charge in [-0.05, 0) is 0 Å². The summed E-state index contributed by atoms with van der Waals surface area (Å²) in [6, 6.07) is 19.1. The molecule has 0 N–H and O–H groups in total. The standard InChI is InChI=1S/C25H26O2SSe/c1-6-19-12-14-20(15-13-19)28-23-16(2)17(3)24(18(4)22(23)25(26)27-5)29-21-10-8-7-9-11-21/h7-15H,6H2,1-5H3. The zero-order valence-corrected chi connectivity index (χ0v) is 20.1. The van der Waals surface area contributed by atoms with Gasteiger partial charge in [-0.3, -0.25) is 0 Å². The normalized spacial score (nSPS) is 10.8. The van der Waals surface area contributed by atoms with E-state index < -0.39 is 0 Å². The molecule has 0 heterocycles. The molecule has 2 nitrogen and oxygen atoms in total. The van der Waals surface area contributed by atoms with Gasteiger partial charge in [0.05, 0.1) is 0 Å². The van der Waals surface area contributed by atoms with E-state index in [1.165, 1.54) is 27.2 Å². The predicted octanol–water partition coefficient (Wildman–Crippen LogP) is 4.77. The van der Waals surface area contributed by atoms with E-state index in [2.05, 4.69) is 76.2 Å². The molecule has 0 bridgehead atoms. The van der Waals surface area contributed by atoms with Crippen LogP contribution in [0.1, 0.15) is 39.5 Å². The van der Waals surface area contributed by atoms with Crippen molar-refractivity contribution in [1.82, 2.24) is 0 Å². The molecule has 0 spiro atoms. The van der Waals surface area contributed by atoms with Crippen LogP contribution >= 0.6 is 11.8 Å². The average molecular weight is 470 g/mol. The van der Waals surface area contributed by atoms with Crippen molar-refractivity contribution < 1.29 is 9.53 Å². The molecule has 0 radical (unpaired) electrons. The Labute approximate surface area is 184 Å². The number of methoxy groups -OCH3 is 1. The molecule has 0 fully saturated rings. The van der Waals surface area contributed by atoms with Crippen LogP contribution in [0.15, 0.2) is 64.4 Å². The van der Waals surface area contributed by atoms with E-state index in [1.807, 2.05) is 6.07 Å². The summed E-state index contributed by atoms with van der Waals surface area (Å²) in [5.74, 6) is -0.261. The fourth-order valence-corrected chi connectivity index (χ4v) is 6.68. The molecule has 3 rings (SSSR count). The summed E-state index contributed by atoms with van der Waals surface area (Å²) in [7, 11) is 1.46. The summed E-state index contributed by atoms with van der Waals surface area (Å²) in [5.41, 5.74) is 5.48. The molecular weight excluding hydrogens is 443 g/mol. The number of hydrogen-bond acceptors (Lipinski definition) is 3. The van der Waals surface area contributed by atoms with Gasteiger partial charge in [0.1, 0.15) is 0 Å². The van der Waals surface area contributed by atoms with E-state index in [0.29, 0.717) is 5.56 Å². The first-order chi connectivity index (χ1) is 14.0. The third kappa shape index (κ3) is 4.78. The van der Waals surface area contributed by atoms with Gasteiger partial charge in [-0.25, -0.2) is 0 Å². The van der Waals surface area contributed by atoms with E-state index in [-0.39, 0.29) is 20.9 Å². The van der Waals surface area contributed by atoms with Crippen molar-refractivity contribution in [3.8, 4) is 0 Å². The van der Waals surface area contributed by atoms with Crippen LogP contribution in [-0.4, -0.2) is 28.0 Å². The molecular formula is C25H26O2SSe. The fraction of sp³-hybridized carbons (Fsp3) is 0.240. The van der Waals surface area contributed by atoms with Gasteiger partial charge in [-0.15, -0.1) is 0 Å². The molecule has 3 aromatic carbocycles. The number of ether oxygens (including phenoxy) is 1. The van der Waals surface area contributed by atoms with Crippen molar-refractivity contribution in [2.24, 2.45) is 0 Å². The summed E-state index contributed by atoms with van der Waals surface area (Å²) in [6.07, 6.45) is 1.02. The number of benzene rings is 3. The van der Waals surface area contributed by atoms with Gasteiger partial charge in [-0.2, -0.15) is 0 Å². The Morgan fingerprint density at radius 3 is 2.17 bits per heavy atom. The van der Waals surface area contributed by atoms with Crippen molar-refractivity contribution in [2.45, 2.75) is 43.9 Å². The van der Waals surface area contributed by atoms with Gasteiger partial charge in [0.25, 0.3) is 0 Å². The van der Waals surface area contributed by atoms with Crippen molar-refractivity contribution in [3.05, 3.63) is 82.4 Å². The maximum absolute atomic E-state index is 12.8. The predicted molar refractivity (Wildman–Crippen MR) is 123 cm³/mol. The van der Waals surface area contributed by atoms with E-state index in [1.54, 1.807) is 11.8 Å². The van der Waals surface area contributed by atoms with Gasteiger partial charge in [0.15, 0.2) is 0 Å². The van der Waals surface area contributed by atoms with Gasteiger partial charge in [0, 0.05) is 0 Å². The Hall–Kier alpha value is -2.00. The molecule has 3 aromatic rings. The maximum atomic E-state index is 12.8. The van der Waals surface area contributed by atoms with Crippen molar-refractivity contribution >= 4 is 41.6 Å². The Morgan fingerprint density at radius 2 is 1.59 bits per heavy atom. The molecule has 0 aliphatic heterocycles. The molecule has 0 atom stereocenters. The number of hydrogen-bond donors (Lipinski definition) is 0. The SMILES string of the molecule is CCc1ccc(Sc2c(C)c(C)c([Se]c3ccccc3)c(C)c2C(=O)OC)cc1. The monoisotopic (exact) mass is 470 g/mol. The summed E-state index contributed by atoms with van der Waals surface area (Å²) in [5, 5.41) is 0. The van der Waals surface area contributed by atoms with Crippen LogP contribution in [-0.2, 0) is 11.2 Å². The van der Waals surface area contributed by atoms with Gasteiger partial charge in [-0.1, -0.05) is 0 Å². The molecule has 150 valence electrons. The fourth-order valence-electron chi connectivity index (χ4n) is 3.24. The molecule has 29 heavy (non-hydrogen) atoms. The van der Waals surface area contributed by atoms with Crippen LogP contribution in [0.3, 0.4) is 0 Å². The number of carbonyl (C=O) groups excluding carboxylic acids is 1. The summed E-state index contributed by atoms with van der Waals surface area (Å²) >= 11 is 1.79. The molecule has 0 saturated heterocycles. The minimum atomic E-state index is -0.261. The summed E-state index contributed by atoms with van der Waals surface area (Å²) < 4.78 is 7.76. The number of esters is 1. The average Bonchev–Trinajstić information content (AvgIpc) is 2.76. The Balaban J connectivity index is 2.11.